The SMILES string of the molecule is COc1cccc(-c2ccc(C3(C#N)CC3)cc2)c1. The maximum Gasteiger partial charge on any atom is 0.119 e. The number of benzene rings is 2. The third kappa shape index (κ3) is 2.08. The molecule has 0 heterocycles. The molecule has 1 fully saturated rings. The van der Waals surface area contributed by atoms with Crippen LogP contribution in [0.15, 0.2) is 48.5 Å². The molecule has 1 saturated carbocycles. The largest absolute Gasteiger partial charge is 0.497 e. The Labute approximate surface area is 113 Å². The molecular weight excluding hydrogens is 234 g/mol. The van der Waals surface area contributed by atoms with E-state index < -0.39 is 0 Å². The number of rotatable bonds is 3. The van der Waals surface area contributed by atoms with Crippen LogP contribution in [0.25, 0.3) is 11.1 Å². The number of hydrogen-bond donors (Lipinski definition) is 0. The summed E-state index contributed by atoms with van der Waals surface area (Å²) in [6.45, 7) is 0. The van der Waals surface area contributed by atoms with Crippen LogP contribution < -0.4 is 4.74 Å². The number of ether oxygens (including phenoxy) is 1. The Hall–Kier alpha value is -2.27. The fourth-order valence-corrected chi connectivity index (χ4v) is 2.37. The van der Waals surface area contributed by atoms with Crippen LogP contribution >= 0.6 is 0 Å². The maximum atomic E-state index is 9.20. The van der Waals surface area contributed by atoms with Gasteiger partial charge in [-0.15, -0.1) is 0 Å². The molecule has 0 spiro atoms. The highest BCUT2D eigenvalue weighted by Crippen LogP contribution is 2.47. The van der Waals surface area contributed by atoms with Crippen molar-refractivity contribution in [3.8, 4) is 22.9 Å². The van der Waals surface area contributed by atoms with Gasteiger partial charge in [0, 0.05) is 0 Å². The minimum absolute atomic E-state index is 0.201. The lowest BCUT2D eigenvalue weighted by molar-refractivity contribution is 0.415. The second kappa shape index (κ2) is 4.44. The molecule has 94 valence electrons. The van der Waals surface area contributed by atoms with E-state index in [0.29, 0.717) is 0 Å². The second-order valence-electron chi connectivity index (χ2n) is 5.00. The van der Waals surface area contributed by atoms with E-state index >= 15 is 0 Å². The van der Waals surface area contributed by atoms with Crippen molar-refractivity contribution in [2.45, 2.75) is 18.3 Å². The Bertz CT molecular complexity index is 633. The summed E-state index contributed by atoms with van der Waals surface area (Å²) >= 11 is 0. The summed E-state index contributed by atoms with van der Waals surface area (Å²) in [5.41, 5.74) is 3.22. The van der Waals surface area contributed by atoms with Gasteiger partial charge in [0.25, 0.3) is 0 Å². The van der Waals surface area contributed by atoms with Crippen LogP contribution in [-0.2, 0) is 5.41 Å². The minimum atomic E-state index is -0.201. The molecular formula is C17H15NO. The van der Waals surface area contributed by atoms with Crippen molar-refractivity contribution in [2.75, 3.05) is 7.11 Å². The molecule has 2 nitrogen and oxygen atoms in total. The van der Waals surface area contributed by atoms with Gasteiger partial charge in [-0.25, -0.2) is 0 Å². The van der Waals surface area contributed by atoms with E-state index in [0.717, 1.165) is 35.3 Å². The van der Waals surface area contributed by atoms with E-state index in [1.165, 1.54) is 0 Å². The van der Waals surface area contributed by atoms with E-state index in [4.69, 9.17) is 4.74 Å². The van der Waals surface area contributed by atoms with Gasteiger partial charge in [-0.05, 0) is 41.7 Å². The van der Waals surface area contributed by atoms with E-state index in [2.05, 4.69) is 36.4 Å². The van der Waals surface area contributed by atoms with Crippen molar-refractivity contribution in [1.29, 1.82) is 5.26 Å². The predicted molar refractivity (Wildman–Crippen MR) is 75.0 cm³/mol. The molecule has 1 aliphatic carbocycles. The van der Waals surface area contributed by atoms with Gasteiger partial charge in [-0.3, -0.25) is 0 Å². The average molecular weight is 249 g/mol. The molecule has 0 amide bonds. The molecule has 0 aliphatic heterocycles. The van der Waals surface area contributed by atoms with Crippen LogP contribution in [-0.4, -0.2) is 7.11 Å². The van der Waals surface area contributed by atoms with Crippen LogP contribution in [0.4, 0.5) is 0 Å². The molecule has 3 rings (SSSR count). The molecule has 19 heavy (non-hydrogen) atoms. The van der Waals surface area contributed by atoms with E-state index in [1.54, 1.807) is 7.11 Å². The maximum absolute atomic E-state index is 9.20. The van der Waals surface area contributed by atoms with E-state index in [9.17, 15) is 5.26 Å². The van der Waals surface area contributed by atoms with Crippen molar-refractivity contribution < 1.29 is 4.74 Å². The molecule has 0 unspecified atom stereocenters. The monoisotopic (exact) mass is 249 g/mol. The fraction of sp³-hybridized carbons (Fsp3) is 0.235. The number of methoxy groups -OCH3 is 1. The topological polar surface area (TPSA) is 33.0 Å². The van der Waals surface area contributed by atoms with Crippen molar-refractivity contribution in [3.63, 3.8) is 0 Å². The first-order valence-electron chi connectivity index (χ1n) is 6.44. The Morgan fingerprint density at radius 2 is 1.79 bits per heavy atom. The zero-order valence-corrected chi connectivity index (χ0v) is 10.9. The number of nitrogens with zero attached hydrogens (tertiary/aromatic N) is 1. The molecule has 2 heteroatoms. The third-order valence-electron chi connectivity index (χ3n) is 3.80. The lowest BCUT2D eigenvalue weighted by atomic mass is 9.95. The lowest BCUT2D eigenvalue weighted by Crippen LogP contribution is -2.01. The van der Waals surface area contributed by atoms with Gasteiger partial charge in [0.15, 0.2) is 0 Å². The lowest BCUT2D eigenvalue weighted by Gasteiger charge is -2.08. The van der Waals surface area contributed by atoms with Gasteiger partial charge in [-0.1, -0.05) is 36.4 Å². The van der Waals surface area contributed by atoms with Crippen molar-refractivity contribution >= 4 is 0 Å². The number of nitriles is 1. The van der Waals surface area contributed by atoms with Crippen LogP contribution in [0.3, 0.4) is 0 Å². The van der Waals surface area contributed by atoms with Crippen molar-refractivity contribution in [2.24, 2.45) is 0 Å². The molecule has 0 bridgehead atoms. The van der Waals surface area contributed by atoms with Crippen LogP contribution in [0.1, 0.15) is 18.4 Å². The van der Waals surface area contributed by atoms with Gasteiger partial charge in [0.1, 0.15) is 5.75 Å². The second-order valence-corrected chi connectivity index (χ2v) is 5.00. The molecule has 2 aromatic carbocycles. The summed E-state index contributed by atoms with van der Waals surface area (Å²) in [6.07, 6.45) is 1.98. The normalized spacial score (nSPS) is 15.6. The highest BCUT2D eigenvalue weighted by molar-refractivity contribution is 5.65. The minimum Gasteiger partial charge on any atom is -0.497 e. The number of hydrogen-bond acceptors (Lipinski definition) is 2. The molecule has 0 N–H and O–H groups in total. The first-order chi connectivity index (χ1) is 9.27. The smallest absolute Gasteiger partial charge is 0.119 e. The summed E-state index contributed by atoms with van der Waals surface area (Å²) in [7, 11) is 1.67. The molecule has 0 atom stereocenters. The molecule has 0 saturated heterocycles. The van der Waals surface area contributed by atoms with Gasteiger partial charge in [0.2, 0.25) is 0 Å². The average Bonchev–Trinajstić information content (AvgIpc) is 3.29. The first kappa shape index (κ1) is 11.8. The predicted octanol–water partition coefficient (Wildman–Crippen LogP) is 3.92. The molecule has 1 aliphatic rings. The van der Waals surface area contributed by atoms with Gasteiger partial charge < -0.3 is 4.74 Å². The van der Waals surface area contributed by atoms with Crippen LogP contribution in [0, 0.1) is 11.3 Å². The summed E-state index contributed by atoms with van der Waals surface area (Å²) in [5.74, 6) is 0.859. The Morgan fingerprint density at radius 3 is 2.37 bits per heavy atom. The van der Waals surface area contributed by atoms with E-state index in [1.807, 2.05) is 18.2 Å². The van der Waals surface area contributed by atoms with Crippen molar-refractivity contribution in [1.82, 2.24) is 0 Å². The van der Waals surface area contributed by atoms with Crippen LogP contribution in [0.2, 0.25) is 0 Å². The summed E-state index contributed by atoms with van der Waals surface area (Å²) in [4.78, 5) is 0. The Kier molecular flexibility index (Phi) is 2.76. The van der Waals surface area contributed by atoms with Gasteiger partial charge >= 0.3 is 0 Å². The molecule has 2 aromatic rings. The third-order valence-corrected chi connectivity index (χ3v) is 3.80. The van der Waals surface area contributed by atoms with Gasteiger partial charge in [0.05, 0.1) is 18.6 Å². The van der Waals surface area contributed by atoms with E-state index in [-0.39, 0.29) is 5.41 Å². The highest BCUT2D eigenvalue weighted by Gasteiger charge is 2.44. The zero-order chi connectivity index (χ0) is 13.3. The van der Waals surface area contributed by atoms with Crippen molar-refractivity contribution in [3.05, 3.63) is 54.1 Å². The zero-order valence-electron chi connectivity index (χ0n) is 10.9. The molecule has 0 aromatic heterocycles. The van der Waals surface area contributed by atoms with Crippen LogP contribution in [0.5, 0.6) is 5.75 Å². The first-order valence-corrected chi connectivity index (χ1v) is 6.44. The Morgan fingerprint density at radius 1 is 1.05 bits per heavy atom. The standard InChI is InChI=1S/C17H15NO/c1-19-16-4-2-3-14(11-16)13-5-7-15(8-6-13)17(12-18)9-10-17/h2-8,11H,9-10H2,1H3. The molecule has 0 radical (unpaired) electrons. The summed E-state index contributed by atoms with van der Waals surface area (Å²) in [6, 6.07) is 18.8. The summed E-state index contributed by atoms with van der Waals surface area (Å²) < 4.78 is 5.24. The quantitative estimate of drug-likeness (QED) is 0.826. The fourth-order valence-electron chi connectivity index (χ4n) is 2.37. The highest BCUT2D eigenvalue weighted by atomic mass is 16.5. The summed E-state index contributed by atoms with van der Waals surface area (Å²) in [5, 5.41) is 9.20. The Balaban J connectivity index is 1.92. The van der Waals surface area contributed by atoms with Gasteiger partial charge in [-0.2, -0.15) is 5.26 Å².